The maximum Gasteiger partial charge on any atom is 0.295 e. The van der Waals surface area contributed by atoms with Crippen molar-refractivity contribution in [3.05, 3.63) is 59.0 Å². The van der Waals surface area contributed by atoms with E-state index in [0.29, 0.717) is 10.7 Å². The van der Waals surface area contributed by atoms with Gasteiger partial charge in [0.2, 0.25) is 0 Å². The van der Waals surface area contributed by atoms with Crippen LogP contribution in [0.15, 0.2) is 53.4 Å². The molecule has 0 saturated carbocycles. The van der Waals surface area contributed by atoms with E-state index in [1.165, 1.54) is 4.90 Å². The molecule has 1 N–H and O–H groups in total. The molecule has 0 aromatic heterocycles. The first-order valence-corrected chi connectivity index (χ1v) is 8.70. The Kier molecular flexibility index (Phi) is 5.48. The average Bonchev–Trinajstić information content (AvgIpc) is 2.94. The molecule has 0 unspecified atom stereocenters. The maximum atomic E-state index is 12.6. The zero-order valence-electron chi connectivity index (χ0n) is 14.4. The van der Waals surface area contributed by atoms with Gasteiger partial charge in [-0.1, -0.05) is 18.2 Å². The van der Waals surface area contributed by atoms with Crippen LogP contribution in [0.4, 0.5) is 10.5 Å². The topological polar surface area (TPSA) is 67.9 Å². The number of hydrogen-bond acceptors (Lipinski definition) is 6. The summed E-state index contributed by atoms with van der Waals surface area (Å²) in [6, 6.07) is 14.6. The summed E-state index contributed by atoms with van der Waals surface area (Å²) >= 11 is 0.920. The third-order valence-electron chi connectivity index (χ3n) is 3.83. The number of hydrogen-bond donors (Lipinski definition) is 1. The van der Waals surface area contributed by atoms with Gasteiger partial charge in [-0.25, -0.2) is 0 Å². The second kappa shape index (κ2) is 7.97. The van der Waals surface area contributed by atoms with Gasteiger partial charge < -0.3 is 14.8 Å². The first-order chi connectivity index (χ1) is 12.6. The molecule has 1 aliphatic heterocycles. The van der Waals surface area contributed by atoms with Gasteiger partial charge in [-0.15, -0.1) is 0 Å². The van der Waals surface area contributed by atoms with Crippen LogP contribution in [0.25, 0.3) is 6.08 Å². The number of imide groups is 1. The highest BCUT2D eigenvalue weighted by molar-refractivity contribution is 8.18. The van der Waals surface area contributed by atoms with Crippen LogP contribution in [-0.4, -0.2) is 36.9 Å². The van der Waals surface area contributed by atoms with Crippen molar-refractivity contribution in [2.75, 3.05) is 26.2 Å². The number of methoxy groups -OCH3 is 2. The molecule has 6 nitrogen and oxygen atoms in total. The van der Waals surface area contributed by atoms with E-state index >= 15 is 0 Å². The fourth-order valence-electron chi connectivity index (χ4n) is 2.44. The third-order valence-corrected chi connectivity index (χ3v) is 4.74. The summed E-state index contributed by atoms with van der Waals surface area (Å²) in [6.45, 7) is 0.0975. The van der Waals surface area contributed by atoms with E-state index in [4.69, 9.17) is 9.47 Å². The molecule has 0 bridgehead atoms. The summed E-state index contributed by atoms with van der Waals surface area (Å²) in [5.41, 5.74) is 1.54. The van der Waals surface area contributed by atoms with Crippen molar-refractivity contribution in [3.63, 3.8) is 0 Å². The van der Waals surface area contributed by atoms with Crippen LogP contribution in [-0.2, 0) is 4.79 Å². The minimum Gasteiger partial charge on any atom is -0.497 e. The van der Waals surface area contributed by atoms with Gasteiger partial charge in [0.25, 0.3) is 11.1 Å². The van der Waals surface area contributed by atoms with Crippen LogP contribution in [0.5, 0.6) is 11.5 Å². The van der Waals surface area contributed by atoms with Gasteiger partial charge in [0.1, 0.15) is 11.5 Å². The van der Waals surface area contributed by atoms with Crippen molar-refractivity contribution in [2.45, 2.75) is 0 Å². The van der Waals surface area contributed by atoms with Crippen molar-refractivity contribution < 1.29 is 19.1 Å². The van der Waals surface area contributed by atoms with Crippen LogP contribution in [0.1, 0.15) is 5.56 Å². The van der Waals surface area contributed by atoms with Crippen LogP contribution in [0.2, 0.25) is 0 Å². The van der Waals surface area contributed by atoms with Gasteiger partial charge in [-0.05, 0) is 48.2 Å². The highest BCUT2D eigenvalue weighted by Crippen LogP contribution is 2.33. The van der Waals surface area contributed by atoms with Crippen LogP contribution >= 0.6 is 11.8 Å². The number of nitrogens with one attached hydrogen (secondary N) is 1. The fourth-order valence-corrected chi connectivity index (χ4v) is 3.27. The molecule has 1 aliphatic rings. The van der Waals surface area contributed by atoms with E-state index in [1.807, 2.05) is 30.3 Å². The Hall–Kier alpha value is -2.93. The molecular weight excluding hydrogens is 352 g/mol. The predicted molar refractivity (Wildman–Crippen MR) is 102 cm³/mol. The lowest BCUT2D eigenvalue weighted by Gasteiger charge is -2.14. The summed E-state index contributed by atoms with van der Waals surface area (Å²) in [5, 5.41) is 2.76. The quantitative estimate of drug-likeness (QED) is 0.780. The summed E-state index contributed by atoms with van der Waals surface area (Å²) < 4.78 is 10.4. The second-order valence-electron chi connectivity index (χ2n) is 5.42. The Balaban J connectivity index is 1.71. The van der Waals surface area contributed by atoms with E-state index in [-0.39, 0.29) is 17.8 Å². The third kappa shape index (κ3) is 3.83. The fraction of sp³-hybridized carbons (Fsp3) is 0.158. The number of rotatable bonds is 6. The largest absolute Gasteiger partial charge is 0.497 e. The van der Waals surface area contributed by atoms with Gasteiger partial charge in [-0.2, -0.15) is 0 Å². The van der Waals surface area contributed by atoms with Gasteiger partial charge in [0.05, 0.1) is 25.8 Å². The van der Waals surface area contributed by atoms with Crippen molar-refractivity contribution in [2.24, 2.45) is 0 Å². The van der Waals surface area contributed by atoms with E-state index in [0.717, 1.165) is 28.8 Å². The van der Waals surface area contributed by atoms with Crippen LogP contribution in [0.3, 0.4) is 0 Å². The lowest BCUT2D eigenvalue weighted by Crippen LogP contribution is -2.33. The minimum absolute atomic E-state index is 0.0975. The molecule has 1 heterocycles. The molecule has 0 radical (unpaired) electrons. The Morgan fingerprint density at radius 3 is 2.46 bits per heavy atom. The molecule has 0 aliphatic carbocycles. The highest BCUT2D eigenvalue weighted by Gasteiger charge is 2.34. The predicted octanol–water partition coefficient (Wildman–Crippen LogP) is 3.81. The summed E-state index contributed by atoms with van der Waals surface area (Å²) in [5.74, 6) is 1.06. The number of anilines is 1. The molecule has 26 heavy (non-hydrogen) atoms. The van der Waals surface area contributed by atoms with E-state index in [2.05, 4.69) is 5.32 Å². The van der Waals surface area contributed by atoms with Crippen molar-refractivity contribution in [1.82, 2.24) is 4.90 Å². The lowest BCUT2D eigenvalue weighted by atomic mass is 10.2. The number of thioether (sulfide) groups is 1. The first kappa shape index (κ1) is 17.9. The monoisotopic (exact) mass is 370 g/mol. The van der Waals surface area contributed by atoms with Crippen molar-refractivity contribution in [3.8, 4) is 11.5 Å². The molecule has 2 aromatic rings. The molecule has 0 atom stereocenters. The summed E-state index contributed by atoms with van der Waals surface area (Å²) in [4.78, 5) is 26.3. The van der Waals surface area contributed by atoms with Gasteiger partial charge in [-0.3, -0.25) is 14.5 Å². The Morgan fingerprint density at radius 2 is 1.77 bits per heavy atom. The van der Waals surface area contributed by atoms with E-state index < -0.39 is 0 Å². The molecule has 1 fully saturated rings. The number of ether oxygens (including phenoxy) is 2. The van der Waals surface area contributed by atoms with E-state index in [9.17, 15) is 9.59 Å². The number of carbonyl (C=O) groups is 2. The Bertz CT molecular complexity index is 849. The zero-order chi connectivity index (χ0) is 18.5. The maximum absolute atomic E-state index is 12.6. The average molecular weight is 370 g/mol. The normalized spacial score (nSPS) is 15.5. The van der Waals surface area contributed by atoms with Crippen LogP contribution in [0, 0.1) is 0 Å². The molecule has 3 rings (SSSR count). The van der Waals surface area contributed by atoms with Crippen LogP contribution < -0.4 is 14.8 Å². The number of nitrogens with zero attached hydrogens (tertiary/aromatic N) is 1. The number of para-hydroxylation sites is 1. The van der Waals surface area contributed by atoms with Crippen molar-refractivity contribution in [1.29, 1.82) is 0 Å². The van der Waals surface area contributed by atoms with Gasteiger partial charge >= 0.3 is 0 Å². The number of carbonyl (C=O) groups excluding carboxylic acids is 2. The summed E-state index contributed by atoms with van der Waals surface area (Å²) in [7, 11) is 3.16. The molecule has 7 heteroatoms. The smallest absolute Gasteiger partial charge is 0.295 e. The molecule has 2 amide bonds. The molecule has 0 spiro atoms. The molecular formula is C19H18N2O4S. The molecule has 1 saturated heterocycles. The highest BCUT2D eigenvalue weighted by atomic mass is 32.2. The minimum atomic E-state index is -0.327. The molecule has 134 valence electrons. The van der Waals surface area contributed by atoms with Gasteiger partial charge in [0.15, 0.2) is 0 Å². The Labute approximate surface area is 155 Å². The van der Waals surface area contributed by atoms with E-state index in [1.54, 1.807) is 38.5 Å². The molecule has 2 aromatic carbocycles. The number of amides is 2. The Morgan fingerprint density at radius 1 is 1.04 bits per heavy atom. The van der Waals surface area contributed by atoms with Crippen molar-refractivity contribution >= 4 is 34.7 Å². The summed E-state index contributed by atoms with van der Waals surface area (Å²) in [6.07, 6.45) is 1.68. The zero-order valence-corrected chi connectivity index (χ0v) is 15.2. The standard InChI is InChI=1S/C19H18N2O4S/c1-24-15-9-7-14(8-10-15)20-12-21-18(22)17(26-19(21)23)11-13-5-3-4-6-16(13)25-2/h3-11,20H,12H2,1-2H3. The van der Waals surface area contributed by atoms with Gasteiger partial charge in [0, 0.05) is 11.3 Å². The lowest BCUT2D eigenvalue weighted by molar-refractivity contribution is -0.122. The first-order valence-electron chi connectivity index (χ1n) is 7.88. The second-order valence-corrected chi connectivity index (χ2v) is 6.41. The SMILES string of the molecule is COc1ccc(NCN2C(=O)SC(=Cc3ccccc3OC)C2=O)cc1. The number of benzene rings is 2.